The van der Waals surface area contributed by atoms with Crippen LogP contribution in [0.2, 0.25) is 0 Å². The predicted molar refractivity (Wildman–Crippen MR) is 45.7 cm³/mol. The molecule has 4 N–H and O–H groups in total. The van der Waals surface area contributed by atoms with Crippen LogP contribution in [0.4, 0.5) is 0 Å². The lowest BCUT2D eigenvalue weighted by atomic mass is 9.96. The second-order valence-corrected chi connectivity index (χ2v) is 2.81. The molecule has 0 aliphatic rings. The smallest absolute Gasteiger partial charge is 0.00746 e. The molecule has 62 valence electrons. The molecule has 0 radical (unpaired) electrons. The van der Waals surface area contributed by atoms with E-state index >= 15 is 0 Å². The predicted octanol–water partition coefficient (Wildman–Crippen LogP) is 1.10. The van der Waals surface area contributed by atoms with Gasteiger partial charge in [-0.25, -0.2) is 0 Å². The molecule has 0 saturated carbocycles. The first-order valence-electron chi connectivity index (χ1n) is 4.25. The summed E-state index contributed by atoms with van der Waals surface area (Å²) in [6.07, 6.45) is 4.83. The van der Waals surface area contributed by atoms with Crippen LogP contribution in [-0.2, 0) is 0 Å². The van der Waals surface area contributed by atoms with Gasteiger partial charge < -0.3 is 11.5 Å². The number of rotatable bonds is 6. The maximum atomic E-state index is 5.45. The Balaban J connectivity index is 3.30. The maximum Gasteiger partial charge on any atom is -0.00746 e. The van der Waals surface area contributed by atoms with E-state index in [1.165, 1.54) is 12.8 Å². The Labute approximate surface area is 64.0 Å². The van der Waals surface area contributed by atoms with Gasteiger partial charge in [0.1, 0.15) is 0 Å². The zero-order valence-electron chi connectivity index (χ0n) is 6.97. The van der Waals surface area contributed by atoms with Crippen molar-refractivity contribution >= 4 is 0 Å². The van der Waals surface area contributed by atoms with Gasteiger partial charge in [0.25, 0.3) is 0 Å². The van der Waals surface area contributed by atoms with Gasteiger partial charge in [-0.15, -0.1) is 0 Å². The van der Waals surface area contributed by atoms with Gasteiger partial charge in [-0.05, 0) is 31.8 Å². The van der Waals surface area contributed by atoms with Gasteiger partial charge >= 0.3 is 0 Å². The second-order valence-electron chi connectivity index (χ2n) is 2.81. The second kappa shape index (κ2) is 7.03. The number of nitrogens with two attached hydrogens (primary N) is 2. The summed E-state index contributed by atoms with van der Waals surface area (Å²) in [6.45, 7) is 3.83. The van der Waals surface area contributed by atoms with Crippen LogP contribution in [0.25, 0.3) is 0 Å². The molecule has 2 heteroatoms. The van der Waals surface area contributed by atoms with E-state index in [-0.39, 0.29) is 0 Å². The third-order valence-corrected chi connectivity index (χ3v) is 1.85. The van der Waals surface area contributed by atoms with Crippen molar-refractivity contribution in [1.82, 2.24) is 0 Å². The standard InChI is InChI=1S/C8H20N2/c1-2-3-8(4-6-9)5-7-10/h8H,2-7,9-10H2,1H3. The third-order valence-electron chi connectivity index (χ3n) is 1.85. The molecule has 0 amide bonds. The molecule has 0 atom stereocenters. The largest absolute Gasteiger partial charge is 0.330 e. The van der Waals surface area contributed by atoms with E-state index in [0.717, 1.165) is 31.8 Å². The molecule has 0 bridgehead atoms. The molecule has 0 aliphatic heterocycles. The van der Waals surface area contributed by atoms with Gasteiger partial charge in [-0.2, -0.15) is 0 Å². The van der Waals surface area contributed by atoms with Gasteiger partial charge in [0.05, 0.1) is 0 Å². The minimum absolute atomic E-state index is 0.778. The lowest BCUT2D eigenvalue weighted by molar-refractivity contribution is 0.427. The van der Waals surface area contributed by atoms with Crippen molar-refractivity contribution in [3.05, 3.63) is 0 Å². The third kappa shape index (κ3) is 4.77. The topological polar surface area (TPSA) is 52.0 Å². The van der Waals surface area contributed by atoms with Crippen molar-refractivity contribution in [2.45, 2.75) is 32.6 Å². The molecule has 0 aromatic carbocycles. The molecule has 0 aromatic heterocycles. The molecular formula is C8H20N2. The van der Waals surface area contributed by atoms with Crippen LogP contribution < -0.4 is 11.5 Å². The fraction of sp³-hybridized carbons (Fsp3) is 1.00. The van der Waals surface area contributed by atoms with E-state index in [1.54, 1.807) is 0 Å². The van der Waals surface area contributed by atoms with E-state index in [2.05, 4.69) is 6.92 Å². The Hall–Kier alpha value is -0.0800. The number of hydrogen-bond acceptors (Lipinski definition) is 2. The van der Waals surface area contributed by atoms with Gasteiger partial charge in [-0.1, -0.05) is 19.8 Å². The fourth-order valence-electron chi connectivity index (χ4n) is 1.31. The monoisotopic (exact) mass is 144 g/mol. The first-order valence-corrected chi connectivity index (χ1v) is 4.25. The summed E-state index contributed by atoms with van der Waals surface area (Å²) < 4.78 is 0. The Kier molecular flexibility index (Phi) is 6.98. The van der Waals surface area contributed by atoms with Gasteiger partial charge in [0, 0.05) is 0 Å². The summed E-state index contributed by atoms with van der Waals surface area (Å²) in [4.78, 5) is 0. The summed E-state index contributed by atoms with van der Waals surface area (Å²) in [7, 11) is 0. The first-order chi connectivity index (χ1) is 4.85. The molecule has 0 heterocycles. The fourth-order valence-corrected chi connectivity index (χ4v) is 1.31. The summed E-state index contributed by atoms with van der Waals surface area (Å²) in [6, 6.07) is 0. The Morgan fingerprint density at radius 3 is 1.80 bits per heavy atom. The van der Waals surface area contributed by atoms with Crippen molar-refractivity contribution in [1.29, 1.82) is 0 Å². The van der Waals surface area contributed by atoms with Crippen LogP contribution in [-0.4, -0.2) is 13.1 Å². The SMILES string of the molecule is CCCC(CCN)CCN. The molecule has 2 nitrogen and oxygen atoms in total. The van der Waals surface area contributed by atoms with Crippen LogP contribution in [0.5, 0.6) is 0 Å². The summed E-state index contributed by atoms with van der Waals surface area (Å²) >= 11 is 0. The van der Waals surface area contributed by atoms with Crippen molar-refractivity contribution in [2.24, 2.45) is 17.4 Å². The van der Waals surface area contributed by atoms with Crippen molar-refractivity contribution in [3.8, 4) is 0 Å². The average molecular weight is 144 g/mol. The molecule has 0 rings (SSSR count). The highest BCUT2D eigenvalue weighted by molar-refractivity contribution is 4.59. The lowest BCUT2D eigenvalue weighted by Crippen LogP contribution is -2.13. The Morgan fingerprint density at radius 1 is 1.00 bits per heavy atom. The molecular weight excluding hydrogens is 124 g/mol. The van der Waals surface area contributed by atoms with Crippen LogP contribution in [0.3, 0.4) is 0 Å². The molecule has 0 saturated heterocycles. The van der Waals surface area contributed by atoms with Gasteiger partial charge in [0.2, 0.25) is 0 Å². The average Bonchev–Trinajstić information content (AvgIpc) is 1.90. The van der Waals surface area contributed by atoms with Gasteiger partial charge in [0.15, 0.2) is 0 Å². The first kappa shape index (κ1) is 9.92. The summed E-state index contributed by atoms with van der Waals surface area (Å²) in [5, 5.41) is 0. The molecule has 0 aliphatic carbocycles. The van der Waals surface area contributed by atoms with Crippen LogP contribution in [0, 0.1) is 5.92 Å². The Bertz CT molecular complexity index is 50.0. The van der Waals surface area contributed by atoms with E-state index in [1.807, 2.05) is 0 Å². The van der Waals surface area contributed by atoms with E-state index in [0.29, 0.717) is 0 Å². The molecule has 0 unspecified atom stereocenters. The minimum atomic E-state index is 0.778. The molecule has 0 fully saturated rings. The van der Waals surface area contributed by atoms with Crippen LogP contribution >= 0.6 is 0 Å². The highest BCUT2D eigenvalue weighted by Gasteiger charge is 2.03. The molecule has 0 aromatic rings. The highest BCUT2D eigenvalue weighted by atomic mass is 14.5. The zero-order chi connectivity index (χ0) is 7.82. The van der Waals surface area contributed by atoms with Crippen LogP contribution in [0.15, 0.2) is 0 Å². The molecule has 10 heavy (non-hydrogen) atoms. The summed E-state index contributed by atoms with van der Waals surface area (Å²) in [5.74, 6) is 0.778. The number of hydrogen-bond donors (Lipinski definition) is 2. The van der Waals surface area contributed by atoms with Crippen molar-refractivity contribution in [2.75, 3.05) is 13.1 Å². The van der Waals surface area contributed by atoms with Crippen LogP contribution in [0.1, 0.15) is 32.6 Å². The zero-order valence-corrected chi connectivity index (χ0v) is 6.97. The quantitative estimate of drug-likeness (QED) is 0.586. The normalized spacial score (nSPS) is 10.8. The van der Waals surface area contributed by atoms with E-state index in [9.17, 15) is 0 Å². The van der Waals surface area contributed by atoms with E-state index in [4.69, 9.17) is 11.5 Å². The van der Waals surface area contributed by atoms with E-state index < -0.39 is 0 Å². The summed E-state index contributed by atoms with van der Waals surface area (Å²) in [5.41, 5.74) is 10.9. The molecule has 0 spiro atoms. The van der Waals surface area contributed by atoms with Crippen molar-refractivity contribution < 1.29 is 0 Å². The maximum absolute atomic E-state index is 5.45. The lowest BCUT2D eigenvalue weighted by Gasteiger charge is -2.12. The van der Waals surface area contributed by atoms with Crippen molar-refractivity contribution in [3.63, 3.8) is 0 Å². The Morgan fingerprint density at radius 2 is 1.50 bits per heavy atom. The minimum Gasteiger partial charge on any atom is -0.330 e. The highest BCUT2D eigenvalue weighted by Crippen LogP contribution is 2.13. The van der Waals surface area contributed by atoms with Gasteiger partial charge in [-0.3, -0.25) is 0 Å².